The van der Waals surface area contributed by atoms with E-state index in [1.54, 1.807) is 0 Å². The number of carbonyl (C=O) groups is 1. The van der Waals surface area contributed by atoms with Gasteiger partial charge in [0, 0.05) is 50.0 Å². The van der Waals surface area contributed by atoms with Crippen LogP contribution in [0.4, 0.5) is 5.69 Å². The van der Waals surface area contributed by atoms with Crippen LogP contribution in [0.15, 0.2) is 48.5 Å². The number of anilines is 1. The Bertz CT molecular complexity index is 896. The topological polar surface area (TPSA) is 36.0 Å². The Balaban J connectivity index is 1.46. The third kappa shape index (κ3) is 6.61. The lowest BCUT2D eigenvalue weighted by Crippen LogP contribution is -2.47. The summed E-state index contributed by atoms with van der Waals surface area (Å²) in [6.07, 6.45) is 3.33. The first kappa shape index (κ1) is 24.7. The van der Waals surface area contributed by atoms with Gasteiger partial charge in [-0.25, -0.2) is 0 Å². The van der Waals surface area contributed by atoms with Crippen molar-refractivity contribution in [3.8, 4) is 0 Å². The standard InChI is InChI=1S/C29H41N3O2/c1-23(2)12-15-30-16-13-28(14-17-30)32(29(33)26-8-4-24(3)5-9-26)22-25-6-10-27(11-7-25)31-18-20-34-21-19-31/h4-11,23,28H,12-22H2,1-3H3. The van der Waals surface area contributed by atoms with E-state index >= 15 is 0 Å². The summed E-state index contributed by atoms with van der Waals surface area (Å²) in [5.41, 5.74) is 4.40. The Morgan fingerprint density at radius 2 is 1.62 bits per heavy atom. The van der Waals surface area contributed by atoms with Crippen LogP contribution in [0.2, 0.25) is 0 Å². The molecule has 34 heavy (non-hydrogen) atoms. The first-order chi connectivity index (χ1) is 16.5. The lowest BCUT2D eigenvalue weighted by Gasteiger charge is -2.39. The summed E-state index contributed by atoms with van der Waals surface area (Å²) in [5, 5.41) is 0. The van der Waals surface area contributed by atoms with Crippen molar-refractivity contribution in [2.45, 2.75) is 52.6 Å². The molecule has 0 spiro atoms. The summed E-state index contributed by atoms with van der Waals surface area (Å²) >= 11 is 0. The van der Waals surface area contributed by atoms with E-state index in [1.807, 2.05) is 24.3 Å². The zero-order valence-electron chi connectivity index (χ0n) is 21.2. The molecule has 5 heteroatoms. The van der Waals surface area contributed by atoms with Gasteiger partial charge in [0.1, 0.15) is 0 Å². The maximum atomic E-state index is 13.7. The number of likely N-dealkylation sites (tertiary alicyclic amines) is 1. The summed E-state index contributed by atoms with van der Waals surface area (Å²) in [6.45, 7) is 14.1. The zero-order valence-corrected chi connectivity index (χ0v) is 21.2. The predicted octanol–water partition coefficient (Wildman–Crippen LogP) is 4.98. The Morgan fingerprint density at radius 3 is 2.24 bits per heavy atom. The normalized spacial score (nSPS) is 17.8. The van der Waals surface area contributed by atoms with Gasteiger partial charge in [-0.2, -0.15) is 0 Å². The fourth-order valence-corrected chi connectivity index (χ4v) is 4.95. The van der Waals surface area contributed by atoms with Crippen LogP contribution < -0.4 is 4.90 Å². The molecule has 2 heterocycles. The van der Waals surface area contributed by atoms with E-state index in [0.29, 0.717) is 6.54 Å². The fraction of sp³-hybridized carbons (Fsp3) is 0.552. The van der Waals surface area contributed by atoms with E-state index in [0.717, 1.165) is 63.7 Å². The molecular weight excluding hydrogens is 422 g/mol. The van der Waals surface area contributed by atoms with Gasteiger partial charge in [-0.05, 0) is 68.5 Å². The van der Waals surface area contributed by atoms with Crippen molar-refractivity contribution >= 4 is 11.6 Å². The highest BCUT2D eigenvalue weighted by atomic mass is 16.5. The van der Waals surface area contributed by atoms with Crippen molar-refractivity contribution in [3.05, 3.63) is 65.2 Å². The number of nitrogens with zero attached hydrogens (tertiary/aromatic N) is 3. The summed E-state index contributed by atoms with van der Waals surface area (Å²) in [6, 6.07) is 17.1. The molecule has 184 valence electrons. The van der Waals surface area contributed by atoms with Crippen molar-refractivity contribution in [2.24, 2.45) is 5.92 Å². The Kier molecular flexibility index (Phi) is 8.63. The minimum absolute atomic E-state index is 0.151. The number of morpholine rings is 1. The quantitative estimate of drug-likeness (QED) is 0.553. The molecule has 2 aromatic rings. The molecule has 2 aliphatic rings. The summed E-state index contributed by atoms with van der Waals surface area (Å²) in [4.78, 5) is 20.7. The summed E-state index contributed by atoms with van der Waals surface area (Å²) < 4.78 is 5.49. The Labute approximate surface area is 205 Å². The van der Waals surface area contributed by atoms with Gasteiger partial charge in [0.05, 0.1) is 13.2 Å². The SMILES string of the molecule is Cc1ccc(C(=O)N(Cc2ccc(N3CCOCC3)cc2)C2CCN(CCC(C)C)CC2)cc1. The largest absolute Gasteiger partial charge is 0.378 e. The highest BCUT2D eigenvalue weighted by Crippen LogP contribution is 2.24. The number of hydrogen-bond donors (Lipinski definition) is 0. The van der Waals surface area contributed by atoms with Crippen LogP contribution in [0.1, 0.15) is 54.6 Å². The number of ether oxygens (including phenoxy) is 1. The van der Waals surface area contributed by atoms with Gasteiger partial charge in [-0.15, -0.1) is 0 Å². The second kappa shape index (κ2) is 11.9. The molecule has 2 saturated heterocycles. The number of piperidine rings is 1. The van der Waals surface area contributed by atoms with Crippen LogP contribution in [0.3, 0.4) is 0 Å². The summed E-state index contributed by atoms with van der Waals surface area (Å²) in [7, 11) is 0. The molecule has 1 amide bonds. The molecule has 2 aliphatic heterocycles. The van der Waals surface area contributed by atoms with Crippen molar-refractivity contribution in [1.29, 1.82) is 0 Å². The highest BCUT2D eigenvalue weighted by Gasteiger charge is 2.29. The minimum Gasteiger partial charge on any atom is -0.378 e. The molecule has 0 aromatic heterocycles. The van der Waals surface area contributed by atoms with Gasteiger partial charge in [-0.3, -0.25) is 4.79 Å². The van der Waals surface area contributed by atoms with E-state index in [4.69, 9.17) is 4.74 Å². The van der Waals surface area contributed by atoms with Crippen LogP contribution in [0, 0.1) is 12.8 Å². The number of amides is 1. The van der Waals surface area contributed by atoms with Gasteiger partial charge in [0.25, 0.3) is 5.91 Å². The molecule has 0 radical (unpaired) electrons. The second-order valence-electron chi connectivity index (χ2n) is 10.3. The second-order valence-corrected chi connectivity index (χ2v) is 10.3. The third-order valence-corrected chi connectivity index (χ3v) is 7.25. The average molecular weight is 464 g/mol. The maximum absolute atomic E-state index is 13.7. The summed E-state index contributed by atoms with van der Waals surface area (Å²) in [5.74, 6) is 0.885. The smallest absolute Gasteiger partial charge is 0.254 e. The van der Waals surface area contributed by atoms with Crippen molar-refractivity contribution in [2.75, 3.05) is 50.8 Å². The molecule has 0 aliphatic carbocycles. The lowest BCUT2D eigenvalue weighted by atomic mass is 9.99. The molecule has 0 atom stereocenters. The van der Waals surface area contributed by atoms with Crippen LogP contribution in [0.25, 0.3) is 0 Å². The zero-order chi connectivity index (χ0) is 23.9. The molecular formula is C29H41N3O2. The number of aryl methyl sites for hydroxylation is 1. The monoisotopic (exact) mass is 463 g/mol. The molecule has 0 unspecified atom stereocenters. The van der Waals surface area contributed by atoms with Crippen molar-refractivity contribution in [1.82, 2.24) is 9.80 Å². The molecule has 4 rings (SSSR count). The van der Waals surface area contributed by atoms with Crippen LogP contribution in [0.5, 0.6) is 0 Å². The number of rotatable bonds is 8. The maximum Gasteiger partial charge on any atom is 0.254 e. The van der Waals surface area contributed by atoms with Crippen molar-refractivity contribution in [3.63, 3.8) is 0 Å². The predicted molar refractivity (Wildman–Crippen MR) is 139 cm³/mol. The molecule has 0 bridgehead atoms. The van der Waals surface area contributed by atoms with E-state index in [9.17, 15) is 4.79 Å². The van der Waals surface area contributed by atoms with E-state index in [-0.39, 0.29) is 11.9 Å². The molecule has 5 nitrogen and oxygen atoms in total. The average Bonchev–Trinajstić information content (AvgIpc) is 2.87. The van der Waals surface area contributed by atoms with Crippen LogP contribution in [-0.4, -0.2) is 67.7 Å². The third-order valence-electron chi connectivity index (χ3n) is 7.25. The molecule has 2 fully saturated rings. The fourth-order valence-electron chi connectivity index (χ4n) is 4.95. The first-order valence-corrected chi connectivity index (χ1v) is 13.0. The van der Waals surface area contributed by atoms with Gasteiger partial charge in [-0.1, -0.05) is 43.7 Å². The van der Waals surface area contributed by atoms with Gasteiger partial charge in [0.2, 0.25) is 0 Å². The van der Waals surface area contributed by atoms with Gasteiger partial charge < -0.3 is 19.4 Å². The van der Waals surface area contributed by atoms with Crippen molar-refractivity contribution < 1.29 is 9.53 Å². The highest BCUT2D eigenvalue weighted by molar-refractivity contribution is 5.94. The molecule has 0 saturated carbocycles. The van der Waals surface area contributed by atoms with Crippen LogP contribution >= 0.6 is 0 Å². The Morgan fingerprint density at radius 1 is 0.971 bits per heavy atom. The minimum atomic E-state index is 0.151. The van der Waals surface area contributed by atoms with E-state index < -0.39 is 0 Å². The van der Waals surface area contributed by atoms with E-state index in [1.165, 1.54) is 29.8 Å². The molecule has 2 aromatic carbocycles. The number of hydrogen-bond acceptors (Lipinski definition) is 4. The Hall–Kier alpha value is -2.37. The van der Waals surface area contributed by atoms with E-state index in [2.05, 4.69) is 59.7 Å². The van der Waals surface area contributed by atoms with Crippen LogP contribution in [-0.2, 0) is 11.3 Å². The number of benzene rings is 2. The molecule has 0 N–H and O–H groups in total. The lowest BCUT2D eigenvalue weighted by molar-refractivity contribution is 0.0546. The van der Waals surface area contributed by atoms with Gasteiger partial charge >= 0.3 is 0 Å². The first-order valence-electron chi connectivity index (χ1n) is 13.0. The van der Waals surface area contributed by atoms with Gasteiger partial charge in [0.15, 0.2) is 0 Å². The number of carbonyl (C=O) groups excluding carboxylic acids is 1.